The zero-order valence-electron chi connectivity index (χ0n) is 11.4. The Morgan fingerprint density at radius 2 is 2.00 bits per heavy atom. The van der Waals surface area contributed by atoms with Crippen molar-refractivity contribution < 1.29 is 8.78 Å². The van der Waals surface area contributed by atoms with Crippen molar-refractivity contribution in [1.82, 2.24) is 9.80 Å². The van der Waals surface area contributed by atoms with Crippen LogP contribution in [-0.2, 0) is 0 Å². The fraction of sp³-hybridized carbons (Fsp3) is 0.571. The molecular weight excluding hydrogens is 248 g/mol. The maximum atomic E-state index is 13.8. The Labute approximate surface area is 113 Å². The van der Waals surface area contributed by atoms with E-state index in [1.165, 1.54) is 12.1 Å². The van der Waals surface area contributed by atoms with Crippen LogP contribution in [0.3, 0.4) is 0 Å². The summed E-state index contributed by atoms with van der Waals surface area (Å²) in [5.74, 6) is -1.13. The van der Waals surface area contributed by atoms with Crippen molar-refractivity contribution in [2.75, 3.05) is 33.7 Å². The average Bonchev–Trinajstić information content (AvgIpc) is 2.50. The Balaban J connectivity index is 2.23. The minimum Gasteiger partial charge on any atom is -0.323 e. The van der Waals surface area contributed by atoms with Gasteiger partial charge in [0.05, 0.1) is 0 Å². The van der Waals surface area contributed by atoms with Crippen LogP contribution in [0.4, 0.5) is 8.78 Å². The van der Waals surface area contributed by atoms with Gasteiger partial charge in [0.15, 0.2) is 0 Å². The van der Waals surface area contributed by atoms with Crippen molar-refractivity contribution in [3.05, 3.63) is 35.4 Å². The maximum Gasteiger partial charge on any atom is 0.130 e. The van der Waals surface area contributed by atoms with E-state index < -0.39 is 17.7 Å². The summed E-state index contributed by atoms with van der Waals surface area (Å²) in [7, 11) is 4.05. The molecule has 0 aromatic heterocycles. The highest BCUT2D eigenvalue weighted by molar-refractivity contribution is 5.23. The Bertz CT molecular complexity index is 439. The van der Waals surface area contributed by atoms with Crippen molar-refractivity contribution in [1.29, 1.82) is 0 Å². The molecule has 5 heteroatoms. The Kier molecular flexibility index (Phi) is 4.50. The predicted molar refractivity (Wildman–Crippen MR) is 71.8 cm³/mol. The van der Waals surface area contributed by atoms with E-state index >= 15 is 0 Å². The van der Waals surface area contributed by atoms with E-state index in [0.29, 0.717) is 5.56 Å². The van der Waals surface area contributed by atoms with E-state index in [9.17, 15) is 8.78 Å². The van der Waals surface area contributed by atoms with E-state index in [1.54, 1.807) is 0 Å². The summed E-state index contributed by atoms with van der Waals surface area (Å²) in [4.78, 5) is 4.37. The van der Waals surface area contributed by atoms with Crippen molar-refractivity contribution in [2.24, 2.45) is 5.73 Å². The van der Waals surface area contributed by atoms with Gasteiger partial charge in [0.1, 0.15) is 11.6 Å². The molecule has 0 radical (unpaired) electrons. The highest BCUT2D eigenvalue weighted by atomic mass is 19.1. The molecule has 1 aliphatic rings. The van der Waals surface area contributed by atoms with Crippen molar-refractivity contribution in [2.45, 2.75) is 18.5 Å². The molecule has 1 fully saturated rings. The standard InChI is InChI=1S/C14H21F2N3/c1-18-6-3-7-19(2)13(9-18)14(17)11-5-4-10(15)8-12(11)16/h4-5,8,13-14H,3,6-7,9,17H2,1-2H3. The first kappa shape index (κ1) is 14.4. The topological polar surface area (TPSA) is 32.5 Å². The lowest BCUT2D eigenvalue weighted by Gasteiger charge is -2.32. The molecule has 0 saturated carbocycles. The van der Waals surface area contributed by atoms with E-state index in [4.69, 9.17) is 5.73 Å². The fourth-order valence-corrected chi connectivity index (χ4v) is 2.67. The smallest absolute Gasteiger partial charge is 0.130 e. The van der Waals surface area contributed by atoms with Crippen LogP contribution in [-0.4, -0.2) is 49.6 Å². The van der Waals surface area contributed by atoms with Gasteiger partial charge in [-0.15, -0.1) is 0 Å². The predicted octanol–water partition coefficient (Wildman–Crippen LogP) is 1.60. The molecule has 0 aliphatic carbocycles. The molecule has 2 unspecified atom stereocenters. The number of halogens is 2. The van der Waals surface area contributed by atoms with Crippen molar-refractivity contribution in [3.63, 3.8) is 0 Å². The molecule has 0 amide bonds. The molecule has 1 aromatic carbocycles. The normalized spacial score (nSPS) is 24.2. The van der Waals surface area contributed by atoms with Gasteiger partial charge in [-0.1, -0.05) is 6.07 Å². The lowest BCUT2D eigenvalue weighted by atomic mass is 9.98. The summed E-state index contributed by atoms with van der Waals surface area (Å²) in [5.41, 5.74) is 6.59. The zero-order valence-corrected chi connectivity index (χ0v) is 11.4. The number of nitrogens with two attached hydrogens (primary N) is 1. The van der Waals surface area contributed by atoms with E-state index in [1.807, 2.05) is 14.1 Å². The second-order valence-electron chi connectivity index (χ2n) is 5.36. The molecule has 1 heterocycles. The number of hydrogen-bond donors (Lipinski definition) is 1. The monoisotopic (exact) mass is 269 g/mol. The van der Waals surface area contributed by atoms with Crippen molar-refractivity contribution >= 4 is 0 Å². The highest BCUT2D eigenvalue weighted by Crippen LogP contribution is 2.23. The third kappa shape index (κ3) is 3.29. The molecule has 2 rings (SSSR count). The molecule has 0 spiro atoms. The van der Waals surface area contributed by atoms with Gasteiger partial charge in [-0.25, -0.2) is 8.78 Å². The summed E-state index contributed by atoms with van der Waals surface area (Å²) in [6.07, 6.45) is 1.07. The third-order valence-corrected chi connectivity index (χ3v) is 3.85. The number of likely N-dealkylation sites (N-methyl/N-ethyl adjacent to an activating group) is 2. The van der Waals surface area contributed by atoms with E-state index in [-0.39, 0.29) is 6.04 Å². The first-order valence-corrected chi connectivity index (χ1v) is 6.58. The third-order valence-electron chi connectivity index (χ3n) is 3.85. The minimum atomic E-state index is -0.570. The summed E-state index contributed by atoms with van der Waals surface area (Å²) in [5, 5.41) is 0. The van der Waals surface area contributed by atoms with Crippen LogP contribution < -0.4 is 5.73 Å². The highest BCUT2D eigenvalue weighted by Gasteiger charge is 2.28. The molecule has 1 saturated heterocycles. The molecule has 2 N–H and O–H groups in total. The Morgan fingerprint density at radius 1 is 1.26 bits per heavy atom. The lowest BCUT2D eigenvalue weighted by Crippen LogP contribution is -2.45. The molecule has 0 bridgehead atoms. The quantitative estimate of drug-likeness (QED) is 0.885. The summed E-state index contributed by atoms with van der Waals surface area (Å²) >= 11 is 0. The van der Waals surface area contributed by atoms with Gasteiger partial charge in [-0.2, -0.15) is 0 Å². The SMILES string of the molecule is CN1CCCN(C)C(C(N)c2ccc(F)cc2F)C1. The van der Waals surface area contributed by atoms with Crippen LogP contribution in [0.5, 0.6) is 0 Å². The molecule has 19 heavy (non-hydrogen) atoms. The Morgan fingerprint density at radius 3 is 2.68 bits per heavy atom. The van der Waals surface area contributed by atoms with Gasteiger partial charge in [-0.3, -0.25) is 0 Å². The van der Waals surface area contributed by atoms with Crippen LogP contribution in [0.2, 0.25) is 0 Å². The van der Waals surface area contributed by atoms with Gasteiger partial charge >= 0.3 is 0 Å². The second kappa shape index (κ2) is 5.94. The van der Waals surface area contributed by atoms with Crippen molar-refractivity contribution in [3.8, 4) is 0 Å². The maximum absolute atomic E-state index is 13.8. The molecule has 1 aromatic rings. The first-order chi connectivity index (χ1) is 8.99. The fourth-order valence-electron chi connectivity index (χ4n) is 2.67. The van der Waals surface area contributed by atoms with Crippen LogP contribution in [0.15, 0.2) is 18.2 Å². The molecule has 1 aliphatic heterocycles. The van der Waals surface area contributed by atoms with Crippen LogP contribution in [0.25, 0.3) is 0 Å². The van der Waals surface area contributed by atoms with Gasteiger partial charge in [-0.05, 0) is 39.7 Å². The van der Waals surface area contributed by atoms with Gasteiger partial charge in [0, 0.05) is 30.3 Å². The molecular formula is C14H21F2N3. The van der Waals surface area contributed by atoms with Crippen LogP contribution in [0.1, 0.15) is 18.0 Å². The lowest BCUT2D eigenvalue weighted by molar-refractivity contribution is 0.194. The van der Waals surface area contributed by atoms with E-state index in [2.05, 4.69) is 9.80 Å². The second-order valence-corrected chi connectivity index (χ2v) is 5.36. The number of benzene rings is 1. The largest absolute Gasteiger partial charge is 0.323 e. The average molecular weight is 269 g/mol. The molecule has 106 valence electrons. The summed E-state index contributed by atoms with van der Waals surface area (Å²) < 4.78 is 26.8. The van der Waals surface area contributed by atoms with E-state index in [0.717, 1.165) is 32.1 Å². The van der Waals surface area contributed by atoms with Crippen LogP contribution in [0, 0.1) is 11.6 Å². The minimum absolute atomic E-state index is 0.0347. The zero-order chi connectivity index (χ0) is 14.0. The van der Waals surface area contributed by atoms with Gasteiger partial charge < -0.3 is 15.5 Å². The van der Waals surface area contributed by atoms with Gasteiger partial charge in [0.25, 0.3) is 0 Å². The van der Waals surface area contributed by atoms with Gasteiger partial charge in [0.2, 0.25) is 0 Å². The molecule has 2 atom stereocenters. The first-order valence-electron chi connectivity index (χ1n) is 6.58. The Hall–Kier alpha value is -1.04. The summed E-state index contributed by atoms with van der Waals surface area (Å²) in [6.45, 7) is 2.74. The number of rotatable bonds is 2. The number of nitrogens with zero attached hydrogens (tertiary/aromatic N) is 2. The summed E-state index contributed by atoms with van der Waals surface area (Å²) in [6, 6.07) is 3.20. The molecule has 3 nitrogen and oxygen atoms in total. The number of hydrogen-bond acceptors (Lipinski definition) is 3. The van der Waals surface area contributed by atoms with Crippen LogP contribution >= 0.6 is 0 Å².